The lowest BCUT2D eigenvalue weighted by Gasteiger charge is -1.97. The molecule has 1 aromatic carbocycles. The summed E-state index contributed by atoms with van der Waals surface area (Å²) in [5, 5.41) is 26.0. The summed E-state index contributed by atoms with van der Waals surface area (Å²) in [6, 6.07) is 3.31. The number of hydrogen-bond donors (Lipinski definition) is 3. The van der Waals surface area contributed by atoms with E-state index in [-0.39, 0.29) is 11.3 Å². The minimum absolute atomic E-state index is 0.0553. The molecule has 0 saturated heterocycles. The summed E-state index contributed by atoms with van der Waals surface area (Å²) < 4.78 is 0. The normalized spacial score (nSPS) is 9.45. The highest BCUT2D eigenvalue weighted by molar-refractivity contribution is 5.88. The number of aromatic hydroxyl groups is 2. The Hall–Kier alpha value is -1.71. The first kappa shape index (κ1) is 7.40. The molecule has 58 valence electrons. The molecule has 1 rings (SSSR count). The van der Waals surface area contributed by atoms with Gasteiger partial charge in [0.15, 0.2) is 11.5 Å². The van der Waals surface area contributed by atoms with E-state index in [4.69, 9.17) is 15.3 Å². The van der Waals surface area contributed by atoms with Crippen LogP contribution < -0.4 is 0 Å². The molecule has 0 radical (unpaired) electrons. The molecule has 0 bridgehead atoms. The van der Waals surface area contributed by atoms with Crippen molar-refractivity contribution in [2.24, 2.45) is 0 Å². The number of aromatic carboxylic acids is 1. The van der Waals surface area contributed by atoms with Gasteiger partial charge in [-0.1, -0.05) is 0 Å². The Labute approximate surface area is 62.3 Å². The molecule has 11 heavy (non-hydrogen) atoms. The van der Waals surface area contributed by atoms with E-state index in [0.717, 1.165) is 12.1 Å². The summed E-state index contributed by atoms with van der Waals surface area (Å²) >= 11 is 0. The first-order valence-corrected chi connectivity index (χ1v) is 2.86. The van der Waals surface area contributed by atoms with Crippen molar-refractivity contribution in [1.29, 1.82) is 0 Å². The van der Waals surface area contributed by atoms with Crippen molar-refractivity contribution in [3.8, 4) is 11.5 Å². The lowest BCUT2D eigenvalue weighted by atomic mass is 11.2. The molecule has 0 aliphatic rings. The summed E-state index contributed by atoms with van der Waals surface area (Å²) in [6.45, 7) is 0. The second-order valence-electron chi connectivity index (χ2n) is 2.01. The maximum absolute atomic E-state index is 10.3. The second-order valence-corrected chi connectivity index (χ2v) is 2.01. The van der Waals surface area contributed by atoms with Gasteiger partial charge in [-0.15, -0.1) is 0 Å². The number of phenolic OH excluding ortho intramolecular Hbond substituents is 2. The van der Waals surface area contributed by atoms with Gasteiger partial charge in [-0.2, -0.15) is 0 Å². The van der Waals surface area contributed by atoms with Crippen molar-refractivity contribution in [3.05, 3.63) is 23.8 Å². The zero-order valence-corrected chi connectivity index (χ0v) is 5.48. The molecule has 0 fully saturated rings. The van der Waals surface area contributed by atoms with E-state index in [1.807, 2.05) is 0 Å². The van der Waals surface area contributed by atoms with Gasteiger partial charge in [0.05, 0.1) is 5.56 Å². The van der Waals surface area contributed by atoms with Crippen molar-refractivity contribution >= 4 is 5.97 Å². The monoisotopic (exact) mass is 161 g/mol. The first-order valence-electron chi connectivity index (χ1n) is 2.86. The van der Waals surface area contributed by atoms with Crippen molar-refractivity contribution < 1.29 is 20.1 Å². The van der Waals surface area contributed by atoms with E-state index in [2.05, 4.69) is 0 Å². The SMILES string of the molecule is O=[13C](O)[13c]1[13cH][13cH][13c](O)[13c](O)[13cH]1. The Morgan fingerprint density at radius 2 is 1.82 bits per heavy atom. The number of hydrogen-bond acceptors (Lipinski definition) is 3. The van der Waals surface area contributed by atoms with Crippen LogP contribution in [0.15, 0.2) is 18.2 Å². The Bertz CT molecular complexity index is 292. The number of benzene rings is 1. The number of carboxylic acid groups (broad SMARTS) is 1. The Morgan fingerprint density at radius 3 is 2.27 bits per heavy atom. The minimum Gasteiger partial charge on any atom is -0.504 e. The van der Waals surface area contributed by atoms with Crippen LogP contribution in [0.4, 0.5) is 0 Å². The fourth-order valence-electron chi connectivity index (χ4n) is 0.656. The summed E-state index contributed by atoms with van der Waals surface area (Å²) in [7, 11) is 0. The quantitative estimate of drug-likeness (QED) is 0.420. The highest BCUT2D eigenvalue weighted by atomic mass is 16.5. The molecule has 0 atom stereocenters. The van der Waals surface area contributed by atoms with Crippen LogP contribution in [0.5, 0.6) is 11.5 Å². The molecule has 0 unspecified atom stereocenters. The summed E-state index contributed by atoms with van der Waals surface area (Å²) in [6.07, 6.45) is 0. The molecule has 1 aromatic rings. The smallest absolute Gasteiger partial charge is 0.335 e. The molecule has 0 aromatic heterocycles. The third-order valence-corrected chi connectivity index (χ3v) is 1.22. The minimum atomic E-state index is -1.14. The largest absolute Gasteiger partial charge is 0.504 e. The summed E-state index contributed by atoms with van der Waals surface area (Å²) in [5.41, 5.74) is -0.0553. The van der Waals surface area contributed by atoms with Gasteiger partial charge >= 0.3 is 5.97 Å². The van der Waals surface area contributed by atoms with Crippen LogP contribution in [0.2, 0.25) is 0 Å². The first-order chi connectivity index (χ1) is 5.11. The topological polar surface area (TPSA) is 77.8 Å². The van der Waals surface area contributed by atoms with Crippen molar-refractivity contribution in [3.63, 3.8) is 0 Å². The standard InChI is InChI=1S/C7H6O4/c8-5-2-1-4(7(10)11)3-6(5)9/h1-3,8-9H,(H,10,11)/i1+1,2+1,3+1,4+1,5+1,6+1,7+1. The van der Waals surface area contributed by atoms with Gasteiger partial charge in [0.2, 0.25) is 0 Å². The second kappa shape index (κ2) is 2.49. The molecular weight excluding hydrogens is 155 g/mol. The van der Waals surface area contributed by atoms with Crippen LogP contribution in [0.25, 0.3) is 0 Å². The lowest BCUT2D eigenvalue weighted by Crippen LogP contribution is -1.94. The zero-order chi connectivity index (χ0) is 8.43. The van der Waals surface area contributed by atoms with E-state index in [0.29, 0.717) is 0 Å². The van der Waals surface area contributed by atoms with Crippen molar-refractivity contribution in [1.82, 2.24) is 0 Å². The maximum atomic E-state index is 10.3. The highest BCUT2D eigenvalue weighted by Gasteiger charge is 2.05. The molecule has 0 heterocycles. The van der Waals surface area contributed by atoms with E-state index >= 15 is 0 Å². The van der Waals surface area contributed by atoms with Crippen LogP contribution >= 0.6 is 0 Å². The maximum Gasteiger partial charge on any atom is 0.335 e. The summed E-state index contributed by atoms with van der Waals surface area (Å²) in [4.78, 5) is 10.3. The molecule has 4 heteroatoms. The van der Waals surface area contributed by atoms with Gasteiger partial charge in [-0.3, -0.25) is 0 Å². The molecule has 0 aliphatic heterocycles. The van der Waals surface area contributed by atoms with Gasteiger partial charge in [0.1, 0.15) is 0 Å². The average Bonchev–Trinajstić information content (AvgIpc) is 1.94. The van der Waals surface area contributed by atoms with Gasteiger partial charge in [0, 0.05) is 0 Å². The fraction of sp³-hybridized carbons (Fsp3) is 0. The van der Waals surface area contributed by atoms with Gasteiger partial charge < -0.3 is 15.3 Å². The predicted molar refractivity (Wildman–Crippen MR) is 36.7 cm³/mol. The van der Waals surface area contributed by atoms with E-state index < -0.39 is 11.7 Å². The Kier molecular flexibility index (Phi) is 1.68. The average molecular weight is 161 g/mol. The summed E-state index contributed by atoms with van der Waals surface area (Å²) in [5.74, 6) is -1.89. The Balaban J connectivity index is 3.15. The number of phenols is 2. The van der Waals surface area contributed by atoms with E-state index in [9.17, 15) is 4.79 Å². The number of carboxylic acids is 1. The van der Waals surface area contributed by atoms with E-state index in [1.54, 1.807) is 0 Å². The van der Waals surface area contributed by atoms with Gasteiger partial charge in [0.25, 0.3) is 0 Å². The molecule has 0 spiro atoms. The molecule has 4 nitrogen and oxygen atoms in total. The third kappa shape index (κ3) is 1.40. The van der Waals surface area contributed by atoms with E-state index in [1.165, 1.54) is 6.07 Å². The van der Waals surface area contributed by atoms with Crippen LogP contribution in [0.3, 0.4) is 0 Å². The molecule has 0 saturated carbocycles. The predicted octanol–water partition coefficient (Wildman–Crippen LogP) is 0.796. The fourth-order valence-corrected chi connectivity index (χ4v) is 0.656. The molecule has 0 amide bonds. The third-order valence-electron chi connectivity index (χ3n) is 1.22. The van der Waals surface area contributed by atoms with Crippen LogP contribution in [-0.4, -0.2) is 21.3 Å². The zero-order valence-electron chi connectivity index (χ0n) is 5.48. The highest BCUT2D eigenvalue weighted by Crippen LogP contribution is 2.24. The van der Waals surface area contributed by atoms with Crippen molar-refractivity contribution in [2.45, 2.75) is 0 Å². The molecular formula is C7H6O4. The lowest BCUT2D eigenvalue weighted by molar-refractivity contribution is 0.0696. The Morgan fingerprint density at radius 1 is 1.18 bits per heavy atom. The van der Waals surface area contributed by atoms with Gasteiger partial charge in [-0.25, -0.2) is 4.79 Å². The van der Waals surface area contributed by atoms with Crippen LogP contribution in [0, 0.1) is 0 Å². The van der Waals surface area contributed by atoms with Crippen molar-refractivity contribution in [2.75, 3.05) is 0 Å². The van der Waals surface area contributed by atoms with Crippen LogP contribution in [0.1, 0.15) is 10.4 Å². The molecule has 0 aliphatic carbocycles. The number of carbonyl (C=O) groups is 1. The van der Waals surface area contributed by atoms with Crippen LogP contribution in [-0.2, 0) is 0 Å². The molecule has 3 N–H and O–H groups in total. The van der Waals surface area contributed by atoms with Gasteiger partial charge in [-0.05, 0) is 18.2 Å². The number of rotatable bonds is 1.